The number of hydrogen-bond donors (Lipinski definition) is 0. The van der Waals surface area contributed by atoms with Gasteiger partial charge in [0.25, 0.3) is 11.7 Å². The monoisotopic (exact) mass is 349 g/mol. The van der Waals surface area contributed by atoms with Crippen LogP contribution in [0.5, 0.6) is 0 Å². The van der Waals surface area contributed by atoms with E-state index in [-0.39, 0.29) is 5.91 Å². The van der Waals surface area contributed by atoms with Crippen molar-refractivity contribution >= 4 is 34.8 Å². The lowest BCUT2D eigenvalue weighted by Gasteiger charge is -2.22. The Morgan fingerprint density at radius 3 is 2.35 bits per heavy atom. The van der Waals surface area contributed by atoms with Crippen LogP contribution in [0.4, 0.5) is 5.69 Å². The fraction of sp³-hybridized carbons (Fsp3) is 0.235. The molecule has 0 atom stereocenters. The van der Waals surface area contributed by atoms with E-state index in [1.807, 2.05) is 30.3 Å². The largest absolute Gasteiger partial charge is 0.336 e. The van der Waals surface area contributed by atoms with Gasteiger partial charge in [-0.05, 0) is 17.7 Å². The number of benzene rings is 2. The molecule has 0 unspecified atom stereocenters. The normalized spacial score (nSPS) is 18.7. The molecule has 6 heteroatoms. The predicted octanol–water partition coefficient (Wildman–Crippen LogP) is 3.74. The van der Waals surface area contributed by atoms with Crippen LogP contribution in [0.15, 0.2) is 42.5 Å². The fourth-order valence-corrected chi connectivity index (χ4v) is 3.64. The first kappa shape index (κ1) is 15.0. The first-order chi connectivity index (χ1) is 11.1. The summed E-state index contributed by atoms with van der Waals surface area (Å²) in [5.41, 5.74) is 2.05. The minimum Gasteiger partial charge on any atom is -0.336 e. The van der Waals surface area contributed by atoms with E-state index in [1.165, 1.54) is 0 Å². The first-order valence-electron chi connectivity index (χ1n) is 7.26. The van der Waals surface area contributed by atoms with E-state index in [4.69, 9.17) is 32.7 Å². The van der Waals surface area contributed by atoms with Crippen molar-refractivity contribution in [3.8, 4) is 0 Å². The number of halogens is 2. The molecule has 0 aromatic heterocycles. The van der Waals surface area contributed by atoms with Gasteiger partial charge in [0.05, 0.1) is 41.1 Å². The van der Waals surface area contributed by atoms with E-state index < -0.39 is 5.79 Å². The minimum absolute atomic E-state index is 0.288. The van der Waals surface area contributed by atoms with Crippen LogP contribution in [0.25, 0.3) is 0 Å². The van der Waals surface area contributed by atoms with Gasteiger partial charge in [0.1, 0.15) is 0 Å². The Labute approximate surface area is 143 Å². The van der Waals surface area contributed by atoms with Gasteiger partial charge in [0.2, 0.25) is 0 Å². The van der Waals surface area contributed by atoms with Gasteiger partial charge in [-0.3, -0.25) is 4.79 Å². The Balaban J connectivity index is 1.86. The van der Waals surface area contributed by atoms with Gasteiger partial charge in [-0.1, -0.05) is 53.5 Å². The minimum atomic E-state index is -1.47. The molecular weight excluding hydrogens is 337 g/mol. The summed E-state index contributed by atoms with van der Waals surface area (Å²) in [7, 11) is 0. The van der Waals surface area contributed by atoms with Gasteiger partial charge in [0, 0.05) is 0 Å². The Morgan fingerprint density at radius 1 is 1.00 bits per heavy atom. The van der Waals surface area contributed by atoms with E-state index in [2.05, 4.69) is 0 Å². The molecule has 0 radical (unpaired) electrons. The van der Waals surface area contributed by atoms with Crippen LogP contribution in [0.3, 0.4) is 0 Å². The maximum Gasteiger partial charge on any atom is 0.292 e. The number of ether oxygens (including phenoxy) is 2. The molecule has 0 bridgehead atoms. The van der Waals surface area contributed by atoms with Crippen molar-refractivity contribution < 1.29 is 14.3 Å². The predicted molar refractivity (Wildman–Crippen MR) is 87.7 cm³/mol. The third kappa shape index (κ3) is 2.17. The van der Waals surface area contributed by atoms with Crippen LogP contribution in [0.1, 0.15) is 11.1 Å². The van der Waals surface area contributed by atoms with Crippen LogP contribution in [-0.4, -0.2) is 19.1 Å². The van der Waals surface area contributed by atoms with Gasteiger partial charge in [0.15, 0.2) is 0 Å². The summed E-state index contributed by atoms with van der Waals surface area (Å²) in [6, 6.07) is 13.0. The summed E-state index contributed by atoms with van der Waals surface area (Å²) in [6.07, 6.45) is 0. The number of carbonyl (C=O) groups is 1. The third-order valence-corrected chi connectivity index (χ3v) is 4.70. The molecule has 4 nitrogen and oxygen atoms in total. The summed E-state index contributed by atoms with van der Waals surface area (Å²) < 4.78 is 11.4. The quantitative estimate of drug-likeness (QED) is 0.828. The van der Waals surface area contributed by atoms with Crippen molar-refractivity contribution in [3.05, 3.63) is 63.6 Å². The molecule has 0 aliphatic carbocycles. The smallest absolute Gasteiger partial charge is 0.292 e. The molecule has 118 valence electrons. The molecule has 2 aliphatic rings. The summed E-state index contributed by atoms with van der Waals surface area (Å²) in [5.74, 6) is -1.75. The van der Waals surface area contributed by atoms with E-state index in [9.17, 15) is 4.79 Å². The van der Waals surface area contributed by atoms with Crippen molar-refractivity contribution in [1.82, 2.24) is 0 Å². The SMILES string of the molecule is O=C1N(Cc2ccccc2)c2c(Cl)ccc(Cl)c2C12OCCO2. The number of carbonyl (C=O) groups excluding carboxylic acids is 1. The van der Waals surface area contributed by atoms with Crippen LogP contribution in [-0.2, 0) is 26.6 Å². The van der Waals surface area contributed by atoms with Crippen molar-refractivity contribution in [3.63, 3.8) is 0 Å². The van der Waals surface area contributed by atoms with E-state index in [1.54, 1.807) is 17.0 Å². The molecule has 4 rings (SSSR count). The number of nitrogens with zero attached hydrogens (tertiary/aromatic N) is 1. The second-order valence-corrected chi connectivity index (χ2v) is 6.26. The van der Waals surface area contributed by atoms with Gasteiger partial charge in [-0.2, -0.15) is 0 Å². The van der Waals surface area contributed by atoms with Crippen molar-refractivity contribution in [1.29, 1.82) is 0 Å². The number of anilines is 1. The molecular formula is C17H13Cl2NO3. The van der Waals surface area contributed by atoms with E-state index in [0.717, 1.165) is 5.56 Å². The highest BCUT2D eigenvalue weighted by Crippen LogP contribution is 2.52. The molecule has 1 saturated heterocycles. The topological polar surface area (TPSA) is 38.8 Å². The average molecular weight is 350 g/mol. The number of hydrogen-bond acceptors (Lipinski definition) is 3. The van der Waals surface area contributed by atoms with Crippen molar-refractivity contribution in [2.75, 3.05) is 18.1 Å². The van der Waals surface area contributed by atoms with Gasteiger partial charge >= 0.3 is 0 Å². The Bertz CT molecular complexity index is 773. The number of rotatable bonds is 2. The molecule has 2 aromatic carbocycles. The first-order valence-corrected chi connectivity index (χ1v) is 8.01. The zero-order chi connectivity index (χ0) is 16.0. The zero-order valence-electron chi connectivity index (χ0n) is 12.1. The summed E-state index contributed by atoms with van der Waals surface area (Å²) in [6.45, 7) is 1.06. The Kier molecular flexibility index (Phi) is 3.58. The maximum absolute atomic E-state index is 13.1. The van der Waals surface area contributed by atoms with Gasteiger partial charge in [-0.15, -0.1) is 0 Å². The zero-order valence-corrected chi connectivity index (χ0v) is 13.6. The van der Waals surface area contributed by atoms with Crippen LogP contribution >= 0.6 is 23.2 Å². The molecule has 23 heavy (non-hydrogen) atoms. The Morgan fingerprint density at radius 2 is 1.65 bits per heavy atom. The molecule has 2 aromatic rings. The molecule has 1 amide bonds. The highest BCUT2D eigenvalue weighted by Gasteiger charge is 2.57. The molecule has 2 aliphatic heterocycles. The van der Waals surface area contributed by atoms with Crippen LogP contribution in [0.2, 0.25) is 10.0 Å². The second-order valence-electron chi connectivity index (χ2n) is 5.44. The lowest BCUT2D eigenvalue weighted by molar-refractivity contribution is -0.180. The van der Waals surface area contributed by atoms with Gasteiger partial charge in [-0.25, -0.2) is 0 Å². The third-order valence-electron chi connectivity index (χ3n) is 4.08. The molecule has 1 fully saturated rings. The Hall–Kier alpha value is -1.59. The van der Waals surface area contributed by atoms with Crippen molar-refractivity contribution in [2.24, 2.45) is 0 Å². The average Bonchev–Trinajstić information content (AvgIpc) is 3.13. The molecule has 1 spiro atoms. The van der Waals surface area contributed by atoms with E-state index in [0.29, 0.717) is 41.1 Å². The summed E-state index contributed by atoms with van der Waals surface area (Å²) >= 11 is 12.7. The number of amides is 1. The lowest BCUT2D eigenvalue weighted by Crippen LogP contribution is -2.41. The summed E-state index contributed by atoms with van der Waals surface area (Å²) in [5, 5.41) is 0.861. The van der Waals surface area contributed by atoms with Crippen LogP contribution < -0.4 is 4.90 Å². The molecule has 0 N–H and O–H groups in total. The molecule has 2 heterocycles. The highest BCUT2D eigenvalue weighted by atomic mass is 35.5. The van der Waals surface area contributed by atoms with Crippen LogP contribution in [0, 0.1) is 0 Å². The lowest BCUT2D eigenvalue weighted by atomic mass is 10.1. The summed E-state index contributed by atoms with van der Waals surface area (Å²) in [4.78, 5) is 14.6. The van der Waals surface area contributed by atoms with Gasteiger partial charge < -0.3 is 14.4 Å². The standard InChI is InChI=1S/C17H13Cl2NO3/c18-12-6-7-13(19)15-14(12)17(22-8-9-23-17)16(21)20(15)10-11-4-2-1-3-5-11/h1-7H,8-10H2. The van der Waals surface area contributed by atoms with Crippen molar-refractivity contribution in [2.45, 2.75) is 12.3 Å². The highest BCUT2D eigenvalue weighted by molar-refractivity contribution is 6.38. The fourth-order valence-electron chi connectivity index (χ4n) is 3.10. The maximum atomic E-state index is 13.1. The van der Waals surface area contributed by atoms with E-state index >= 15 is 0 Å². The second kappa shape index (κ2) is 5.49. The number of fused-ring (bicyclic) bond motifs is 2. The molecule has 0 saturated carbocycles.